The fourth-order valence-corrected chi connectivity index (χ4v) is 4.21. The van der Waals surface area contributed by atoms with Gasteiger partial charge in [0.1, 0.15) is 18.1 Å². The van der Waals surface area contributed by atoms with Crippen LogP contribution >= 0.6 is 0 Å². The molecule has 0 saturated heterocycles. The molecule has 13 heteroatoms. The van der Waals surface area contributed by atoms with Gasteiger partial charge in [-0.3, -0.25) is 19.2 Å². The summed E-state index contributed by atoms with van der Waals surface area (Å²) in [6.07, 6.45) is 2.83. The van der Waals surface area contributed by atoms with Crippen molar-refractivity contribution in [2.24, 2.45) is 11.5 Å². The maximum absolute atomic E-state index is 13.6. The van der Waals surface area contributed by atoms with Crippen LogP contribution in [0.3, 0.4) is 0 Å². The molecule has 2 aromatic carbocycles. The van der Waals surface area contributed by atoms with Crippen LogP contribution in [-0.2, 0) is 43.2 Å². The maximum Gasteiger partial charge on any atom is 0.326 e. The van der Waals surface area contributed by atoms with E-state index in [-0.39, 0.29) is 32.1 Å². The molecule has 42 heavy (non-hydrogen) atoms. The number of primary amides is 1. The van der Waals surface area contributed by atoms with Crippen LogP contribution in [-0.4, -0.2) is 68.8 Å². The molecule has 0 fully saturated rings. The van der Waals surface area contributed by atoms with E-state index in [2.05, 4.69) is 25.9 Å². The van der Waals surface area contributed by atoms with Gasteiger partial charge in [0.25, 0.3) is 0 Å². The summed E-state index contributed by atoms with van der Waals surface area (Å²) in [6.45, 7) is 0. The Hall–Kier alpha value is -5.04. The molecule has 4 atom stereocenters. The van der Waals surface area contributed by atoms with Crippen molar-refractivity contribution >= 4 is 29.6 Å². The number of amides is 4. The second-order valence-electron chi connectivity index (χ2n) is 9.79. The van der Waals surface area contributed by atoms with E-state index < -0.39 is 53.8 Å². The molecular formula is C29H35N7O6. The number of nitrogens with one attached hydrogen (secondary N) is 4. The van der Waals surface area contributed by atoms with E-state index >= 15 is 0 Å². The van der Waals surface area contributed by atoms with Gasteiger partial charge >= 0.3 is 5.97 Å². The first-order chi connectivity index (χ1) is 20.1. The van der Waals surface area contributed by atoms with Crippen molar-refractivity contribution in [2.75, 3.05) is 0 Å². The molecule has 0 saturated carbocycles. The largest absolute Gasteiger partial charge is 0.480 e. The molecule has 0 aliphatic carbocycles. The Morgan fingerprint density at radius 2 is 1.26 bits per heavy atom. The van der Waals surface area contributed by atoms with Crippen LogP contribution in [0.25, 0.3) is 0 Å². The number of imidazole rings is 1. The fraction of sp³-hybridized carbons (Fsp3) is 0.310. The van der Waals surface area contributed by atoms with E-state index in [1.807, 2.05) is 6.07 Å². The number of carboxylic acid groups (broad SMARTS) is 1. The number of nitrogens with two attached hydrogens (primary N) is 2. The standard InChI is InChI=1S/C29H35N7O6/c30-21(15-20-16-32-17-33-20)26(38)35-23(13-18-7-3-1-4-8-18)28(40)36-24(14-19-9-5-2-6-10-19)27(39)34-22(29(41)42)11-12-25(31)37/h1-10,16-17,21-24H,11-15,30H2,(H2,31,37)(H,32,33)(H,34,39)(H,35,38)(H,36,40)(H,41,42). The normalized spacial score (nSPS) is 13.6. The molecule has 0 spiro atoms. The number of rotatable bonds is 16. The molecule has 0 aliphatic heterocycles. The smallest absolute Gasteiger partial charge is 0.326 e. The second-order valence-corrected chi connectivity index (χ2v) is 9.79. The van der Waals surface area contributed by atoms with E-state index in [0.717, 1.165) is 5.56 Å². The lowest BCUT2D eigenvalue weighted by Crippen LogP contribution is -2.58. The molecule has 222 valence electrons. The second kappa shape index (κ2) is 15.7. The van der Waals surface area contributed by atoms with Gasteiger partial charge in [0.05, 0.1) is 12.4 Å². The number of hydrogen-bond acceptors (Lipinski definition) is 7. The van der Waals surface area contributed by atoms with E-state index in [1.54, 1.807) is 60.8 Å². The van der Waals surface area contributed by atoms with Crippen molar-refractivity contribution in [3.63, 3.8) is 0 Å². The Labute approximate surface area is 242 Å². The Morgan fingerprint density at radius 1 is 0.762 bits per heavy atom. The number of carbonyl (C=O) groups excluding carboxylic acids is 4. The SMILES string of the molecule is NC(=O)CCC(NC(=O)C(Cc1ccccc1)NC(=O)C(Cc1ccccc1)NC(=O)C(N)Cc1cnc[nH]1)C(=O)O. The monoisotopic (exact) mass is 577 g/mol. The number of aromatic amines is 1. The highest BCUT2D eigenvalue weighted by atomic mass is 16.4. The fourth-order valence-electron chi connectivity index (χ4n) is 4.21. The first-order valence-electron chi connectivity index (χ1n) is 13.3. The first-order valence-corrected chi connectivity index (χ1v) is 13.3. The number of hydrogen-bond donors (Lipinski definition) is 7. The van der Waals surface area contributed by atoms with Gasteiger partial charge in [0, 0.05) is 37.6 Å². The van der Waals surface area contributed by atoms with Gasteiger partial charge in [0.15, 0.2) is 0 Å². The molecule has 3 rings (SSSR count). The molecule has 0 aliphatic rings. The lowest BCUT2D eigenvalue weighted by atomic mass is 10.0. The lowest BCUT2D eigenvalue weighted by molar-refractivity contribution is -0.142. The van der Waals surface area contributed by atoms with E-state index in [4.69, 9.17) is 11.5 Å². The number of nitrogens with zero attached hydrogens (tertiary/aromatic N) is 1. The van der Waals surface area contributed by atoms with Gasteiger partial charge in [-0.05, 0) is 17.5 Å². The van der Waals surface area contributed by atoms with Crippen LogP contribution in [0.5, 0.6) is 0 Å². The van der Waals surface area contributed by atoms with Crippen molar-refractivity contribution in [3.8, 4) is 0 Å². The Balaban J connectivity index is 1.81. The number of aliphatic carboxylic acids is 1. The van der Waals surface area contributed by atoms with Gasteiger partial charge in [-0.1, -0.05) is 60.7 Å². The zero-order valence-corrected chi connectivity index (χ0v) is 22.9. The highest BCUT2D eigenvalue weighted by molar-refractivity contribution is 5.94. The zero-order valence-electron chi connectivity index (χ0n) is 22.9. The molecule has 4 unspecified atom stereocenters. The number of carboxylic acids is 1. The Kier molecular flexibility index (Phi) is 11.7. The van der Waals surface area contributed by atoms with Gasteiger partial charge in [-0.2, -0.15) is 0 Å². The Bertz CT molecular complexity index is 1340. The predicted octanol–water partition coefficient (Wildman–Crippen LogP) is -0.431. The van der Waals surface area contributed by atoms with E-state index in [0.29, 0.717) is 11.3 Å². The summed E-state index contributed by atoms with van der Waals surface area (Å²) in [5.74, 6) is -4.09. The number of aromatic nitrogens is 2. The highest BCUT2D eigenvalue weighted by Gasteiger charge is 2.31. The van der Waals surface area contributed by atoms with E-state index in [1.165, 1.54) is 6.33 Å². The molecular weight excluding hydrogens is 542 g/mol. The summed E-state index contributed by atoms with van der Waals surface area (Å²) >= 11 is 0. The van der Waals surface area contributed by atoms with Crippen LogP contribution < -0.4 is 27.4 Å². The van der Waals surface area contributed by atoms with Gasteiger partial charge in [-0.15, -0.1) is 0 Å². The highest BCUT2D eigenvalue weighted by Crippen LogP contribution is 2.09. The summed E-state index contributed by atoms with van der Waals surface area (Å²) in [5.41, 5.74) is 13.3. The average Bonchev–Trinajstić information content (AvgIpc) is 3.48. The number of H-pyrrole nitrogens is 1. The first kappa shape index (κ1) is 31.5. The minimum atomic E-state index is -1.40. The number of carbonyl (C=O) groups is 5. The van der Waals surface area contributed by atoms with Gasteiger partial charge < -0.3 is 37.5 Å². The van der Waals surface area contributed by atoms with Gasteiger partial charge in [0.2, 0.25) is 23.6 Å². The van der Waals surface area contributed by atoms with Crippen LogP contribution in [0.1, 0.15) is 29.7 Å². The maximum atomic E-state index is 13.6. The molecule has 0 bridgehead atoms. The van der Waals surface area contributed by atoms with Crippen molar-refractivity contribution in [1.29, 1.82) is 0 Å². The molecule has 1 heterocycles. The van der Waals surface area contributed by atoms with Crippen LogP contribution in [0.4, 0.5) is 0 Å². The molecule has 4 amide bonds. The molecule has 3 aromatic rings. The minimum absolute atomic E-state index is 0.0336. The molecule has 1 aromatic heterocycles. The molecule has 13 nitrogen and oxygen atoms in total. The van der Waals surface area contributed by atoms with Crippen molar-refractivity contribution < 1.29 is 29.1 Å². The van der Waals surface area contributed by atoms with Gasteiger partial charge in [-0.25, -0.2) is 9.78 Å². The summed E-state index contributed by atoms with van der Waals surface area (Å²) in [6, 6.07) is 13.1. The zero-order chi connectivity index (χ0) is 30.5. The van der Waals surface area contributed by atoms with Crippen LogP contribution in [0.2, 0.25) is 0 Å². The summed E-state index contributed by atoms with van der Waals surface area (Å²) in [7, 11) is 0. The van der Waals surface area contributed by atoms with Crippen molar-refractivity contribution in [1.82, 2.24) is 25.9 Å². The third kappa shape index (κ3) is 10.2. The lowest BCUT2D eigenvalue weighted by Gasteiger charge is -2.25. The number of benzene rings is 2. The average molecular weight is 578 g/mol. The van der Waals surface area contributed by atoms with Crippen molar-refractivity contribution in [3.05, 3.63) is 90.0 Å². The quantitative estimate of drug-likeness (QED) is 0.118. The summed E-state index contributed by atoms with van der Waals surface area (Å²) in [5, 5.41) is 17.3. The molecule has 0 radical (unpaired) electrons. The van der Waals surface area contributed by atoms with E-state index in [9.17, 15) is 29.1 Å². The third-order valence-electron chi connectivity index (χ3n) is 6.46. The predicted molar refractivity (Wildman–Crippen MR) is 152 cm³/mol. The molecule has 9 N–H and O–H groups in total. The van der Waals surface area contributed by atoms with Crippen LogP contribution in [0, 0.1) is 0 Å². The summed E-state index contributed by atoms with van der Waals surface area (Å²) < 4.78 is 0. The topological polar surface area (TPSA) is 222 Å². The van der Waals surface area contributed by atoms with Crippen LogP contribution in [0.15, 0.2) is 73.2 Å². The third-order valence-corrected chi connectivity index (χ3v) is 6.46. The minimum Gasteiger partial charge on any atom is -0.480 e. The van der Waals surface area contributed by atoms with Crippen molar-refractivity contribution in [2.45, 2.75) is 56.3 Å². The summed E-state index contributed by atoms with van der Waals surface area (Å²) in [4.78, 5) is 69.7. The Morgan fingerprint density at radius 3 is 1.71 bits per heavy atom.